The summed E-state index contributed by atoms with van der Waals surface area (Å²) in [6.45, 7) is 5.85. The van der Waals surface area contributed by atoms with Gasteiger partial charge in [0, 0.05) is 18.6 Å². The topological polar surface area (TPSA) is 15.3 Å². The number of likely N-dealkylation sites (tertiary alicyclic amines) is 1. The molecule has 2 heteroatoms. The Balaban J connectivity index is 2.48. The van der Waals surface area contributed by atoms with Gasteiger partial charge in [-0.2, -0.15) is 0 Å². The van der Waals surface area contributed by atoms with E-state index in [1.165, 1.54) is 13.0 Å². The van der Waals surface area contributed by atoms with Crippen molar-refractivity contribution >= 4 is 0 Å². The molecule has 0 amide bonds. The molecule has 0 saturated carbocycles. The minimum Gasteiger partial charge on any atom is -0.317 e. The Morgan fingerprint density at radius 3 is 2.55 bits per heavy atom. The molecule has 1 rings (SSSR count). The van der Waals surface area contributed by atoms with Crippen LogP contribution in [0.15, 0.2) is 0 Å². The number of hydrogen-bond acceptors (Lipinski definition) is 2. The Morgan fingerprint density at radius 2 is 2.00 bits per heavy atom. The van der Waals surface area contributed by atoms with E-state index in [0.29, 0.717) is 0 Å². The molecule has 3 unspecified atom stereocenters. The van der Waals surface area contributed by atoms with E-state index in [1.807, 2.05) is 0 Å². The predicted molar refractivity (Wildman–Crippen MR) is 48.7 cm³/mol. The Morgan fingerprint density at radius 1 is 1.36 bits per heavy atom. The zero-order chi connectivity index (χ0) is 8.43. The van der Waals surface area contributed by atoms with E-state index >= 15 is 0 Å². The first-order valence-corrected chi connectivity index (χ1v) is 4.52. The molecule has 0 bridgehead atoms. The summed E-state index contributed by atoms with van der Waals surface area (Å²) in [5.41, 5.74) is 0. The molecule has 2 nitrogen and oxygen atoms in total. The van der Waals surface area contributed by atoms with Crippen LogP contribution in [0.2, 0.25) is 0 Å². The minimum absolute atomic E-state index is 0.723. The molecule has 1 saturated heterocycles. The van der Waals surface area contributed by atoms with E-state index in [9.17, 15) is 0 Å². The van der Waals surface area contributed by atoms with E-state index in [2.05, 4.69) is 38.2 Å². The number of hydrogen-bond donors (Lipinski definition) is 1. The Bertz CT molecular complexity index is 125. The van der Waals surface area contributed by atoms with Gasteiger partial charge in [-0.3, -0.25) is 0 Å². The number of piperidine rings is 1. The van der Waals surface area contributed by atoms with E-state index < -0.39 is 0 Å². The van der Waals surface area contributed by atoms with E-state index in [0.717, 1.165) is 18.0 Å². The fourth-order valence-electron chi connectivity index (χ4n) is 1.94. The normalized spacial score (nSPS) is 40.9. The lowest BCUT2D eigenvalue weighted by Gasteiger charge is -2.39. The molecular formula is C9H20N2. The molecule has 0 spiro atoms. The van der Waals surface area contributed by atoms with Crippen LogP contribution in [0, 0.1) is 5.92 Å². The second-order valence-electron chi connectivity index (χ2n) is 3.90. The maximum Gasteiger partial charge on any atom is 0.0117 e. The molecule has 3 atom stereocenters. The van der Waals surface area contributed by atoms with Gasteiger partial charge in [-0.1, -0.05) is 6.92 Å². The number of nitrogens with one attached hydrogen (secondary N) is 1. The number of rotatable bonds is 1. The van der Waals surface area contributed by atoms with Crippen LogP contribution in [-0.4, -0.2) is 37.6 Å². The van der Waals surface area contributed by atoms with Crippen molar-refractivity contribution < 1.29 is 0 Å². The molecule has 66 valence electrons. The van der Waals surface area contributed by atoms with Gasteiger partial charge in [0.05, 0.1) is 0 Å². The lowest BCUT2D eigenvalue weighted by Crippen LogP contribution is -2.49. The van der Waals surface area contributed by atoms with Gasteiger partial charge in [0.25, 0.3) is 0 Å². The van der Waals surface area contributed by atoms with Crippen molar-refractivity contribution in [2.24, 2.45) is 5.92 Å². The molecule has 11 heavy (non-hydrogen) atoms. The summed E-state index contributed by atoms with van der Waals surface area (Å²) in [4.78, 5) is 2.44. The van der Waals surface area contributed by atoms with Gasteiger partial charge in [-0.05, 0) is 33.4 Å². The van der Waals surface area contributed by atoms with Gasteiger partial charge in [0.1, 0.15) is 0 Å². The summed E-state index contributed by atoms with van der Waals surface area (Å²) < 4.78 is 0. The lowest BCUT2D eigenvalue weighted by molar-refractivity contribution is 0.125. The molecule has 0 aliphatic carbocycles. The third-order valence-electron chi connectivity index (χ3n) is 2.98. The number of nitrogens with zero attached hydrogens (tertiary/aromatic N) is 1. The van der Waals surface area contributed by atoms with E-state index in [4.69, 9.17) is 0 Å². The zero-order valence-electron chi connectivity index (χ0n) is 8.09. The molecule has 0 aromatic heterocycles. The molecule has 1 heterocycles. The predicted octanol–water partition coefficient (Wildman–Crippen LogP) is 0.935. The lowest BCUT2D eigenvalue weighted by atomic mass is 9.90. The van der Waals surface area contributed by atoms with Crippen molar-refractivity contribution in [1.29, 1.82) is 0 Å². The third-order valence-corrected chi connectivity index (χ3v) is 2.98. The Kier molecular flexibility index (Phi) is 2.90. The summed E-state index contributed by atoms with van der Waals surface area (Å²) in [5.74, 6) is 0.793. The highest BCUT2D eigenvalue weighted by Gasteiger charge is 2.27. The quantitative estimate of drug-likeness (QED) is 0.607. The highest BCUT2D eigenvalue weighted by Crippen LogP contribution is 2.19. The van der Waals surface area contributed by atoms with Crippen LogP contribution in [0.4, 0.5) is 0 Å². The Labute approximate surface area is 70.0 Å². The molecule has 0 aromatic carbocycles. The largest absolute Gasteiger partial charge is 0.317 e. The van der Waals surface area contributed by atoms with Crippen molar-refractivity contribution in [2.45, 2.75) is 32.4 Å². The summed E-state index contributed by atoms with van der Waals surface area (Å²) in [6.07, 6.45) is 1.29. The highest BCUT2D eigenvalue weighted by atomic mass is 15.1. The van der Waals surface area contributed by atoms with Gasteiger partial charge in [-0.15, -0.1) is 0 Å². The zero-order valence-corrected chi connectivity index (χ0v) is 8.09. The molecule has 0 aromatic rings. The molecule has 1 fully saturated rings. The van der Waals surface area contributed by atoms with Crippen molar-refractivity contribution in [2.75, 3.05) is 20.6 Å². The first kappa shape index (κ1) is 9.01. The monoisotopic (exact) mass is 156 g/mol. The van der Waals surface area contributed by atoms with Crippen LogP contribution in [0.1, 0.15) is 20.3 Å². The second kappa shape index (κ2) is 3.55. The summed E-state index contributed by atoms with van der Waals surface area (Å²) in [5, 5.41) is 3.38. The fraction of sp³-hybridized carbons (Fsp3) is 1.00. The Hall–Kier alpha value is -0.0800. The molecule has 0 radical (unpaired) electrons. The minimum atomic E-state index is 0.723. The summed E-state index contributed by atoms with van der Waals surface area (Å²) >= 11 is 0. The van der Waals surface area contributed by atoms with Gasteiger partial charge < -0.3 is 10.2 Å². The van der Waals surface area contributed by atoms with Crippen LogP contribution in [-0.2, 0) is 0 Å². The fourth-order valence-corrected chi connectivity index (χ4v) is 1.94. The highest BCUT2D eigenvalue weighted by molar-refractivity contribution is 4.84. The van der Waals surface area contributed by atoms with E-state index in [-0.39, 0.29) is 0 Å². The SMILES string of the molecule is CNC1CC(C)N(C)CC1C. The van der Waals surface area contributed by atoms with Crippen molar-refractivity contribution in [3.8, 4) is 0 Å². The molecule has 1 N–H and O–H groups in total. The molecule has 1 aliphatic heterocycles. The van der Waals surface area contributed by atoms with Crippen LogP contribution in [0.25, 0.3) is 0 Å². The van der Waals surface area contributed by atoms with Crippen LogP contribution < -0.4 is 5.32 Å². The average molecular weight is 156 g/mol. The maximum atomic E-state index is 3.38. The summed E-state index contributed by atoms with van der Waals surface area (Å²) in [6, 6.07) is 1.46. The first-order chi connectivity index (χ1) is 5.15. The van der Waals surface area contributed by atoms with Gasteiger partial charge >= 0.3 is 0 Å². The first-order valence-electron chi connectivity index (χ1n) is 4.52. The molecule has 1 aliphatic rings. The average Bonchev–Trinajstić information content (AvgIpc) is 1.97. The van der Waals surface area contributed by atoms with Gasteiger partial charge in [-0.25, -0.2) is 0 Å². The van der Waals surface area contributed by atoms with Crippen LogP contribution in [0.5, 0.6) is 0 Å². The summed E-state index contributed by atoms with van der Waals surface area (Å²) in [7, 11) is 4.28. The van der Waals surface area contributed by atoms with Gasteiger partial charge in [0.15, 0.2) is 0 Å². The van der Waals surface area contributed by atoms with E-state index in [1.54, 1.807) is 0 Å². The standard InChI is InChI=1S/C9H20N2/c1-7-6-11(4)8(2)5-9(7)10-3/h7-10H,5-6H2,1-4H3. The van der Waals surface area contributed by atoms with Crippen molar-refractivity contribution in [3.05, 3.63) is 0 Å². The second-order valence-corrected chi connectivity index (χ2v) is 3.90. The van der Waals surface area contributed by atoms with Crippen LogP contribution >= 0.6 is 0 Å². The third kappa shape index (κ3) is 1.94. The van der Waals surface area contributed by atoms with Gasteiger partial charge in [0.2, 0.25) is 0 Å². The van der Waals surface area contributed by atoms with Crippen molar-refractivity contribution in [1.82, 2.24) is 10.2 Å². The van der Waals surface area contributed by atoms with Crippen LogP contribution in [0.3, 0.4) is 0 Å². The smallest absolute Gasteiger partial charge is 0.0117 e. The van der Waals surface area contributed by atoms with Crippen molar-refractivity contribution in [3.63, 3.8) is 0 Å². The molecular weight excluding hydrogens is 136 g/mol. The maximum absolute atomic E-state index is 3.38.